The average Bonchev–Trinajstić information content (AvgIpc) is 3.18. The van der Waals surface area contributed by atoms with Crippen LogP contribution in [0.15, 0.2) is 42.5 Å². The van der Waals surface area contributed by atoms with Gasteiger partial charge in [-0.1, -0.05) is 32.0 Å². The lowest BCUT2D eigenvalue weighted by molar-refractivity contribution is 0.0950. The zero-order valence-corrected chi connectivity index (χ0v) is 16.2. The Labute approximate surface area is 161 Å². The van der Waals surface area contributed by atoms with Crippen LogP contribution in [0.4, 0.5) is 0 Å². The number of fused-ring (bicyclic) bond motifs is 1. The van der Waals surface area contributed by atoms with Crippen molar-refractivity contribution in [1.82, 2.24) is 10.2 Å². The summed E-state index contributed by atoms with van der Waals surface area (Å²) in [6.45, 7) is 9.00. The van der Waals surface area contributed by atoms with Gasteiger partial charge in [0.15, 0.2) is 0 Å². The Hall–Kier alpha value is -2.53. The van der Waals surface area contributed by atoms with E-state index in [1.54, 1.807) is 0 Å². The second-order valence-corrected chi connectivity index (χ2v) is 6.59. The van der Waals surface area contributed by atoms with E-state index in [0.29, 0.717) is 25.3 Å². The highest BCUT2D eigenvalue weighted by Crippen LogP contribution is 2.26. The van der Waals surface area contributed by atoms with E-state index in [9.17, 15) is 4.79 Å². The van der Waals surface area contributed by atoms with Crippen molar-refractivity contribution in [1.29, 1.82) is 0 Å². The van der Waals surface area contributed by atoms with Crippen LogP contribution in [0.3, 0.4) is 0 Å². The van der Waals surface area contributed by atoms with Gasteiger partial charge in [-0.15, -0.1) is 0 Å². The second-order valence-electron chi connectivity index (χ2n) is 6.59. The summed E-state index contributed by atoms with van der Waals surface area (Å²) in [4.78, 5) is 14.8. The van der Waals surface area contributed by atoms with Gasteiger partial charge < -0.3 is 19.7 Å². The number of likely N-dealkylation sites (N-methyl/N-ethyl adjacent to an activating group) is 1. The third kappa shape index (κ3) is 5.01. The van der Waals surface area contributed by atoms with E-state index in [0.717, 1.165) is 48.7 Å². The molecule has 1 aliphatic heterocycles. The van der Waals surface area contributed by atoms with Crippen LogP contribution in [0.5, 0.6) is 11.5 Å². The first-order chi connectivity index (χ1) is 13.2. The van der Waals surface area contributed by atoms with Crippen molar-refractivity contribution in [3.05, 3.63) is 59.2 Å². The lowest BCUT2D eigenvalue weighted by Crippen LogP contribution is -2.28. The van der Waals surface area contributed by atoms with Crippen molar-refractivity contribution in [2.45, 2.75) is 26.8 Å². The van der Waals surface area contributed by atoms with E-state index in [1.165, 1.54) is 0 Å². The third-order valence-corrected chi connectivity index (χ3v) is 4.92. The number of rotatable bonds is 9. The molecular weight excluding hydrogens is 340 g/mol. The fourth-order valence-corrected chi connectivity index (χ4v) is 3.22. The van der Waals surface area contributed by atoms with Gasteiger partial charge in [0, 0.05) is 30.6 Å². The van der Waals surface area contributed by atoms with Gasteiger partial charge >= 0.3 is 0 Å². The first kappa shape index (κ1) is 19.2. The van der Waals surface area contributed by atoms with Crippen molar-refractivity contribution in [2.75, 3.05) is 32.8 Å². The lowest BCUT2D eigenvalue weighted by atomic mass is 10.1. The Morgan fingerprint density at radius 3 is 2.81 bits per heavy atom. The Bertz CT molecular complexity index is 772. The molecule has 0 atom stereocenters. The van der Waals surface area contributed by atoms with Gasteiger partial charge in [0.2, 0.25) is 0 Å². The Morgan fingerprint density at radius 1 is 1.19 bits per heavy atom. The van der Waals surface area contributed by atoms with Crippen molar-refractivity contribution in [3.63, 3.8) is 0 Å². The maximum Gasteiger partial charge on any atom is 0.251 e. The van der Waals surface area contributed by atoms with Gasteiger partial charge in [0.1, 0.15) is 18.1 Å². The van der Waals surface area contributed by atoms with Crippen LogP contribution in [-0.2, 0) is 13.0 Å². The number of benzene rings is 2. The van der Waals surface area contributed by atoms with Crippen LogP contribution in [-0.4, -0.2) is 43.7 Å². The average molecular weight is 368 g/mol. The maximum absolute atomic E-state index is 12.5. The number of nitrogens with zero attached hydrogens (tertiary/aromatic N) is 1. The predicted molar refractivity (Wildman–Crippen MR) is 107 cm³/mol. The normalized spacial score (nSPS) is 12.6. The molecule has 3 rings (SSSR count). The fourth-order valence-electron chi connectivity index (χ4n) is 3.22. The first-order valence-corrected chi connectivity index (χ1v) is 9.68. The maximum atomic E-state index is 12.5. The summed E-state index contributed by atoms with van der Waals surface area (Å²) in [7, 11) is 0. The molecule has 0 spiro atoms. The minimum Gasteiger partial charge on any atom is -0.493 e. The molecule has 1 heterocycles. The van der Waals surface area contributed by atoms with Crippen LogP contribution >= 0.6 is 0 Å². The van der Waals surface area contributed by atoms with E-state index in [2.05, 4.69) is 24.1 Å². The summed E-state index contributed by atoms with van der Waals surface area (Å²) in [6.07, 6.45) is 0.861. The summed E-state index contributed by atoms with van der Waals surface area (Å²) >= 11 is 0. The molecular formula is C22H28N2O3. The van der Waals surface area contributed by atoms with Crippen molar-refractivity contribution >= 4 is 5.91 Å². The fraction of sp³-hybridized carbons (Fsp3) is 0.409. The lowest BCUT2D eigenvalue weighted by Gasteiger charge is -2.19. The number of para-hydroxylation sites is 1. The van der Waals surface area contributed by atoms with Crippen LogP contribution < -0.4 is 14.8 Å². The topological polar surface area (TPSA) is 50.8 Å². The van der Waals surface area contributed by atoms with Crippen LogP contribution in [0, 0.1) is 0 Å². The SMILES string of the molecule is CCN(CC)CCOc1ccccc1CNC(=O)c1ccc2c(c1)CCO2. The molecule has 1 amide bonds. The van der Waals surface area contributed by atoms with Crippen LogP contribution in [0.2, 0.25) is 0 Å². The monoisotopic (exact) mass is 368 g/mol. The number of nitrogens with one attached hydrogen (secondary N) is 1. The summed E-state index contributed by atoms with van der Waals surface area (Å²) in [5.41, 5.74) is 2.75. The zero-order chi connectivity index (χ0) is 19.1. The highest BCUT2D eigenvalue weighted by atomic mass is 16.5. The number of ether oxygens (including phenoxy) is 2. The highest BCUT2D eigenvalue weighted by molar-refractivity contribution is 5.94. The molecule has 144 valence electrons. The largest absolute Gasteiger partial charge is 0.493 e. The minimum atomic E-state index is -0.0809. The molecule has 0 unspecified atom stereocenters. The summed E-state index contributed by atoms with van der Waals surface area (Å²) in [6, 6.07) is 13.5. The van der Waals surface area contributed by atoms with Gasteiger partial charge in [-0.25, -0.2) is 0 Å². The Morgan fingerprint density at radius 2 is 2.00 bits per heavy atom. The second kappa shape index (κ2) is 9.42. The molecule has 27 heavy (non-hydrogen) atoms. The summed E-state index contributed by atoms with van der Waals surface area (Å²) in [5, 5.41) is 3.00. The molecule has 2 aromatic rings. The van der Waals surface area contributed by atoms with Crippen molar-refractivity contribution in [2.24, 2.45) is 0 Å². The molecule has 0 saturated heterocycles. The third-order valence-electron chi connectivity index (χ3n) is 4.92. The standard InChI is InChI=1S/C22H28N2O3/c1-3-24(4-2)12-14-27-20-8-6-5-7-19(20)16-23-22(25)18-9-10-21-17(15-18)11-13-26-21/h5-10,15H,3-4,11-14,16H2,1-2H3,(H,23,25). The van der Waals surface area contributed by atoms with E-state index >= 15 is 0 Å². The molecule has 0 aliphatic carbocycles. The van der Waals surface area contributed by atoms with Crippen molar-refractivity contribution < 1.29 is 14.3 Å². The predicted octanol–water partition coefficient (Wildman–Crippen LogP) is 3.27. The molecule has 5 heteroatoms. The van der Waals surface area contributed by atoms with Gasteiger partial charge in [0.05, 0.1) is 6.61 Å². The van der Waals surface area contributed by atoms with Gasteiger partial charge in [-0.3, -0.25) is 4.79 Å². The van der Waals surface area contributed by atoms with E-state index in [1.807, 2.05) is 42.5 Å². The smallest absolute Gasteiger partial charge is 0.251 e. The molecule has 2 aromatic carbocycles. The summed E-state index contributed by atoms with van der Waals surface area (Å²) < 4.78 is 11.5. The van der Waals surface area contributed by atoms with Crippen LogP contribution in [0.25, 0.3) is 0 Å². The number of carbonyl (C=O) groups is 1. The van der Waals surface area contributed by atoms with E-state index < -0.39 is 0 Å². The zero-order valence-electron chi connectivity index (χ0n) is 16.2. The Kier molecular flexibility index (Phi) is 6.71. The van der Waals surface area contributed by atoms with E-state index in [-0.39, 0.29) is 5.91 Å². The van der Waals surface area contributed by atoms with Crippen molar-refractivity contribution in [3.8, 4) is 11.5 Å². The van der Waals surface area contributed by atoms with Gasteiger partial charge in [-0.2, -0.15) is 0 Å². The number of hydrogen-bond acceptors (Lipinski definition) is 4. The quantitative estimate of drug-likeness (QED) is 0.738. The molecule has 1 N–H and O–H groups in total. The molecule has 0 radical (unpaired) electrons. The number of hydrogen-bond donors (Lipinski definition) is 1. The Balaban J connectivity index is 1.57. The number of amides is 1. The molecule has 1 aliphatic rings. The van der Waals surface area contributed by atoms with Crippen LogP contribution in [0.1, 0.15) is 35.3 Å². The first-order valence-electron chi connectivity index (χ1n) is 9.68. The minimum absolute atomic E-state index is 0.0809. The highest BCUT2D eigenvalue weighted by Gasteiger charge is 2.15. The van der Waals surface area contributed by atoms with E-state index in [4.69, 9.17) is 9.47 Å². The molecule has 0 bridgehead atoms. The molecule has 0 aromatic heterocycles. The van der Waals surface area contributed by atoms with Gasteiger partial charge in [-0.05, 0) is 42.9 Å². The molecule has 0 fully saturated rings. The number of carbonyl (C=O) groups excluding carboxylic acids is 1. The summed E-state index contributed by atoms with van der Waals surface area (Å²) in [5.74, 6) is 1.63. The molecule has 5 nitrogen and oxygen atoms in total. The van der Waals surface area contributed by atoms with Gasteiger partial charge in [0.25, 0.3) is 5.91 Å². The molecule has 0 saturated carbocycles.